The van der Waals surface area contributed by atoms with Gasteiger partial charge in [0.15, 0.2) is 0 Å². The number of hydrogen-bond donors (Lipinski definition) is 1. The average Bonchev–Trinajstić information content (AvgIpc) is 2.91. The molecule has 0 saturated carbocycles. The molecule has 2 aliphatic heterocycles. The zero-order chi connectivity index (χ0) is 14.7. The third-order valence-electron chi connectivity index (χ3n) is 4.14. The van der Waals surface area contributed by atoms with E-state index in [1.165, 1.54) is 0 Å². The van der Waals surface area contributed by atoms with Crippen LogP contribution in [0.15, 0.2) is 40.8 Å². The molecule has 22 heavy (non-hydrogen) atoms. The van der Waals surface area contributed by atoms with Crippen molar-refractivity contribution in [1.82, 2.24) is 0 Å². The Morgan fingerprint density at radius 1 is 1.00 bits per heavy atom. The van der Waals surface area contributed by atoms with Gasteiger partial charge in [0.1, 0.15) is 41.8 Å². The van der Waals surface area contributed by atoms with Crippen molar-refractivity contribution >= 4 is 17.0 Å². The maximum atomic E-state index is 9.63. The Labute approximate surface area is 126 Å². The van der Waals surface area contributed by atoms with Gasteiger partial charge in [-0.2, -0.15) is 0 Å². The number of ether oxygens (including phenoxy) is 2. The molecule has 5 rings (SSSR count). The highest BCUT2D eigenvalue weighted by molar-refractivity contribution is 5.91. The summed E-state index contributed by atoms with van der Waals surface area (Å²) in [4.78, 5) is 0. The minimum absolute atomic E-state index is 0.196. The summed E-state index contributed by atoms with van der Waals surface area (Å²) in [5, 5.41) is 10.6. The molecule has 0 atom stereocenters. The van der Waals surface area contributed by atoms with Crippen molar-refractivity contribution in [1.29, 1.82) is 0 Å². The Kier molecular flexibility index (Phi) is 2.17. The van der Waals surface area contributed by atoms with E-state index in [-0.39, 0.29) is 5.75 Å². The molecule has 4 nitrogen and oxygen atoms in total. The summed E-state index contributed by atoms with van der Waals surface area (Å²) in [5.74, 6) is 2.61. The minimum Gasteiger partial charge on any atom is -0.508 e. The SMILES string of the molecule is Oc1ccc2c3c(oc2c1)-c1cc2c(cc1OC3)OCC=C2. The van der Waals surface area contributed by atoms with Gasteiger partial charge in [-0.05, 0) is 24.3 Å². The lowest BCUT2D eigenvalue weighted by atomic mass is 9.99. The molecule has 0 unspecified atom stereocenters. The highest BCUT2D eigenvalue weighted by Gasteiger charge is 2.26. The lowest BCUT2D eigenvalue weighted by Gasteiger charge is -2.20. The molecular formula is C18H12O4. The predicted molar refractivity (Wildman–Crippen MR) is 82.2 cm³/mol. The van der Waals surface area contributed by atoms with Crippen molar-refractivity contribution in [3.05, 3.63) is 47.5 Å². The minimum atomic E-state index is 0.196. The van der Waals surface area contributed by atoms with Gasteiger partial charge >= 0.3 is 0 Å². The van der Waals surface area contributed by atoms with Crippen molar-refractivity contribution in [2.75, 3.05) is 6.61 Å². The van der Waals surface area contributed by atoms with Crippen molar-refractivity contribution < 1.29 is 19.0 Å². The highest BCUT2D eigenvalue weighted by Crippen LogP contribution is 2.46. The third-order valence-corrected chi connectivity index (χ3v) is 4.14. The summed E-state index contributed by atoms with van der Waals surface area (Å²) in [6.07, 6.45) is 4.03. The van der Waals surface area contributed by atoms with Gasteiger partial charge in [0, 0.05) is 28.6 Å². The van der Waals surface area contributed by atoms with Gasteiger partial charge in [-0.1, -0.05) is 6.08 Å². The largest absolute Gasteiger partial charge is 0.508 e. The first-order chi connectivity index (χ1) is 10.8. The van der Waals surface area contributed by atoms with Gasteiger partial charge in [0.2, 0.25) is 0 Å². The molecule has 1 N–H and O–H groups in total. The summed E-state index contributed by atoms with van der Waals surface area (Å²) in [6, 6.07) is 9.11. The molecule has 2 aliphatic rings. The molecule has 0 aliphatic carbocycles. The fraction of sp³-hybridized carbons (Fsp3) is 0.111. The topological polar surface area (TPSA) is 51.8 Å². The summed E-state index contributed by atoms with van der Waals surface area (Å²) in [7, 11) is 0. The molecule has 4 heteroatoms. The van der Waals surface area contributed by atoms with Crippen molar-refractivity contribution in [2.45, 2.75) is 6.61 Å². The van der Waals surface area contributed by atoms with Crippen molar-refractivity contribution in [2.24, 2.45) is 0 Å². The van der Waals surface area contributed by atoms with E-state index in [9.17, 15) is 5.11 Å². The monoisotopic (exact) mass is 292 g/mol. The first-order valence-electron chi connectivity index (χ1n) is 7.14. The van der Waals surface area contributed by atoms with Gasteiger partial charge in [0.25, 0.3) is 0 Å². The van der Waals surface area contributed by atoms with Gasteiger partial charge in [-0.15, -0.1) is 0 Å². The molecule has 2 aromatic carbocycles. The lowest BCUT2D eigenvalue weighted by molar-refractivity contribution is 0.295. The Morgan fingerprint density at radius 3 is 2.91 bits per heavy atom. The van der Waals surface area contributed by atoms with Gasteiger partial charge in [-0.3, -0.25) is 0 Å². The third kappa shape index (κ3) is 1.52. The van der Waals surface area contributed by atoms with Crippen LogP contribution >= 0.6 is 0 Å². The standard InChI is InChI=1S/C18H12O4/c19-11-3-4-12-14-9-21-16-8-15-10(2-1-5-20-15)6-13(16)18(14)22-17(12)7-11/h1-4,6-8,19H,5,9H2. The second kappa shape index (κ2) is 4.07. The number of furan rings is 1. The van der Waals surface area contributed by atoms with Crippen LogP contribution in [0.5, 0.6) is 17.2 Å². The molecule has 0 saturated heterocycles. The summed E-state index contributed by atoms with van der Waals surface area (Å²) in [5.41, 5.74) is 3.63. The zero-order valence-corrected chi connectivity index (χ0v) is 11.6. The summed E-state index contributed by atoms with van der Waals surface area (Å²) in [6.45, 7) is 1.04. The molecule has 0 amide bonds. The first kappa shape index (κ1) is 11.7. The molecule has 3 aromatic rings. The number of benzene rings is 2. The molecule has 0 fully saturated rings. The fourth-order valence-electron chi connectivity index (χ4n) is 3.09. The molecular weight excluding hydrogens is 280 g/mol. The van der Waals surface area contributed by atoms with Gasteiger partial charge < -0.3 is 19.0 Å². The van der Waals surface area contributed by atoms with E-state index in [4.69, 9.17) is 13.9 Å². The molecule has 0 bridgehead atoms. The van der Waals surface area contributed by atoms with Crippen LogP contribution in [-0.4, -0.2) is 11.7 Å². The lowest BCUT2D eigenvalue weighted by Crippen LogP contribution is -2.06. The normalized spacial score (nSPS) is 14.7. The second-order valence-electron chi connectivity index (χ2n) is 5.48. The van der Waals surface area contributed by atoms with Gasteiger partial charge in [0.05, 0.1) is 5.56 Å². The van der Waals surface area contributed by atoms with E-state index >= 15 is 0 Å². The fourth-order valence-corrected chi connectivity index (χ4v) is 3.09. The van der Waals surface area contributed by atoms with E-state index in [1.807, 2.05) is 30.4 Å². The Balaban J connectivity index is 1.79. The van der Waals surface area contributed by atoms with Crippen LogP contribution in [0.2, 0.25) is 0 Å². The van der Waals surface area contributed by atoms with E-state index in [2.05, 4.69) is 0 Å². The molecule has 0 spiro atoms. The Bertz CT molecular complexity index is 949. The Morgan fingerprint density at radius 2 is 1.95 bits per heavy atom. The predicted octanol–water partition coefficient (Wildman–Crippen LogP) is 4.10. The van der Waals surface area contributed by atoms with Crippen LogP contribution in [0.3, 0.4) is 0 Å². The number of phenolic OH excluding ortho intramolecular Hbond substituents is 1. The van der Waals surface area contributed by atoms with E-state index in [0.717, 1.165) is 39.3 Å². The summed E-state index contributed by atoms with van der Waals surface area (Å²) < 4.78 is 17.5. The van der Waals surface area contributed by atoms with Crippen molar-refractivity contribution in [3.63, 3.8) is 0 Å². The number of fused-ring (bicyclic) bond motifs is 6. The zero-order valence-electron chi connectivity index (χ0n) is 11.6. The van der Waals surface area contributed by atoms with E-state index < -0.39 is 0 Å². The Hall–Kier alpha value is -2.88. The highest BCUT2D eigenvalue weighted by atomic mass is 16.5. The van der Waals surface area contributed by atoms with Crippen LogP contribution in [0.25, 0.3) is 28.4 Å². The maximum Gasteiger partial charge on any atom is 0.145 e. The number of hydrogen-bond acceptors (Lipinski definition) is 4. The van der Waals surface area contributed by atoms with Crippen LogP contribution < -0.4 is 9.47 Å². The molecule has 3 heterocycles. The second-order valence-corrected chi connectivity index (χ2v) is 5.48. The van der Waals surface area contributed by atoms with E-state index in [0.29, 0.717) is 18.8 Å². The van der Waals surface area contributed by atoms with E-state index in [1.54, 1.807) is 12.1 Å². The quantitative estimate of drug-likeness (QED) is 0.677. The number of aromatic hydroxyl groups is 1. The van der Waals surface area contributed by atoms with Crippen LogP contribution in [0, 0.1) is 0 Å². The summed E-state index contributed by atoms with van der Waals surface area (Å²) >= 11 is 0. The molecule has 1 aromatic heterocycles. The van der Waals surface area contributed by atoms with Gasteiger partial charge in [-0.25, -0.2) is 0 Å². The number of phenols is 1. The molecule has 108 valence electrons. The van der Waals surface area contributed by atoms with Crippen molar-refractivity contribution in [3.8, 4) is 28.6 Å². The smallest absolute Gasteiger partial charge is 0.145 e. The van der Waals surface area contributed by atoms with Crippen LogP contribution in [-0.2, 0) is 6.61 Å². The maximum absolute atomic E-state index is 9.63. The van der Waals surface area contributed by atoms with Crippen LogP contribution in [0.1, 0.15) is 11.1 Å². The van der Waals surface area contributed by atoms with Crippen LogP contribution in [0.4, 0.5) is 0 Å². The molecule has 0 radical (unpaired) electrons. The number of rotatable bonds is 0. The average molecular weight is 292 g/mol. The first-order valence-corrected chi connectivity index (χ1v) is 7.14.